The molecule has 3 rings (SSSR count). The Hall–Kier alpha value is -0.0500. The summed E-state index contributed by atoms with van der Waals surface area (Å²) in [7, 11) is 0. The molecule has 2 fully saturated rings. The van der Waals surface area contributed by atoms with E-state index < -0.39 is 0 Å². The third-order valence-electron chi connectivity index (χ3n) is 3.75. The highest BCUT2D eigenvalue weighted by Gasteiger charge is 2.46. The summed E-state index contributed by atoms with van der Waals surface area (Å²) in [5.41, 5.74) is 0.425. The van der Waals surface area contributed by atoms with Gasteiger partial charge in [0.15, 0.2) is 0 Å². The fourth-order valence-electron chi connectivity index (χ4n) is 2.87. The molecule has 1 aromatic rings. The molecular formula is C12H16ClNS. The molecule has 1 aliphatic heterocycles. The van der Waals surface area contributed by atoms with Gasteiger partial charge in [-0.3, -0.25) is 0 Å². The highest BCUT2D eigenvalue weighted by atomic mass is 35.5. The fourth-order valence-corrected chi connectivity index (χ4v) is 4.08. The van der Waals surface area contributed by atoms with Gasteiger partial charge in [0.1, 0.15) is 0 Å². The Morgan fingerprint density at radius 2 is 2.33 bits per heavy atom. The van der Waals surface area contributed by atoms with Crippen LogP contribution in [0.15, 0.2) is 12.1 Å². The zero-order valence-corrected chi connectivity index (χ0v) is 10.3. The van der Waals surface area contributed by atoms with Gasteiger partial charge in [0, 0.05) is 16.8 Å². The van der Waals surface area contributed by atoms with Crippen molar-refractivity contribution >= 4 is 22.9 Å². The van der Waals surface area contributed by atoms with E-state index in [1.54, 1.807) is 11.3 Å². The van der Waals surface area contributed by atoms with Crippen molar-refractivity contribution in [3.63, 3.8) is 0 Å². The number of thiophene rings is 1. The first-order chi connectivity index (χ1) is 7.28. The molecule has 0 bridgehead atoms. The lowest BCUT2D eigenvalue weighted by Gasteiger charge is -2.29. The number of nitrogens with one attached hydrogen (secondary N) is 1. The largest absolute Gasteiger partial charge is 0.311 e. The van der Waals surface area contributed by atoms with Crippen LogP contribution in [0.1, 0.15) is 30.6 Å². The van der Waals surface area contributed by atoms with Gasteiger partial charge in [-0.15, -0.1) is 11.3 Å². The normalized spacial score (nSPS) is 31.0. The summed E-state index contributed by atoms with van der Waals surface area (Å²) in [6, 6.07) is 4.22. The minimum atomic E-state index is 0.425. The van der Waals surface area contributed by atoms with Crippen LogP contribution in [0.3, 0.4) is 0 Å². The molecule has 15 heavy (non-hydrogen) atoms. The van der Waals surface area contributed by atoms with E-state index >= 15 is 0 Å². The van der Waals surface area contributed by atoms with Crippen LogP contribution in [-0.4, -0.2) is 12.1 Å². The lowest BCUT2D eigenvalue weighted by Crippen LogP contribution is -2.43. The van der Waals surface area contributed by atoms with Gasteiger partial charge in [0.25, 0.3) is 0 Å². The van der Waals surface area contributed by atoms with E-state index in [-0.39, 0.29) is 0 Å². The molecule has 3 heteroatoms. The molecule has 1 atom stereocenters. The lowest BCUT2D eigenvalue weighted by atomic mass is 9.87. The first-order valence-electron chi connectivity index (χ1n) is 5.78. The molecule has 1 nitrogen and oxygen atoms in total. The van der Waals surface area contributed by atoms with Crippen LogP contribution >= 0.6 is 22.9 Å². The average Bonchev–Trinajstić information content (AvgIpc) is 2.86. The maximum absolute atomic E-state index is 5.98. The van der Waals surface area contributed by atoms with Crippen molar-refractivity contribution in [2.75, 3.05) is 6.54 Å². The van der Waals surface area contributed by atoms with Crippen molar-refractivity contribution in [1.82, 2.24) is 5.32 Å². The monoisotopic (exact) mass is 241 g/mol. The predicted molar refractivity (Wildman–Crippen MR) is 65.7 cm³/mol. The van der Waals surface area contributed by atoms with Crippen LogP contribution < -0.4 is 5.32 Å². The van der Waals surface area contributed by atoms with Gasteiger partial charge in [0.05, 0.1) is 4.34 Å². The van der Waals surface area contributed by atoms with Gasteiger partial charge in [-0.2, -0.15) is 0 Å². The average molecular weight is 242 g/mol. The summed E-state index contributed by atoms with van der Waals surface area (Å²) in [6.07, 6.45) is 6.73. The fraction of sp³-hybridized carbons (Fsp3) is 0.667. The molecular weight excluding hydrogens is 226 g/mol. The molecule has 0 amide bonds. The highest BCUT2D eigenvalue weighted by molar-refractivity contribution is 7.16. The van der Waals surface area contributed by atoms with Crippen molar-refractivity contribution in [2.45, 2.75) is 37.6 Å². The molecule has 0 spiro atoms. The summed E-state index contributed by atoms with van der Waals surface area (Å²) in [5.74, 6) is 0.931. The molecule has 1 saturated heterocycles. The Morgan fingerprint density at radius 1 is 1.47 bits per heavy atom. The summed E-state index contributed by atoms with van der Waals surface area (Å²) in [4.78, 5) is 1.45. The Bertz CT molecular complexity index is 350. The van der Waals surface area contributed by atoms with E-state index in [2.05, 4.69) is 11.4 Å². The van der Waals surface area contributed by atoms with Crippen molar-refractivity contribution in [3.8, 4) is 0 Å². The molecule has 82 valence electrons. The van der Waals surface area contributed by atoms with Crippen molar-refractivity contribution < 1.29 is 0 Å². The number of hydrogen-bond acceptors (Lipinski definition) is 2. The zero-order chi connectivity index (χ0) is 10.3. The maximum atomic E-state index is 5.98. The number of hydrogen-bond donors (Lipinski definition) is 1. The molecule has 1 saturated carbocycles. The van der Waals surface area contributed by atoms with Gasteiger partial charge in [0.2, 0.25) is 0 Å². The summed E-state index contributed by atoms with van der Waals surface area (Å²) in [5, 5.41) is 3.75. The third kappa shape index (κ3) is 1.95. The molecule has 2 aliphatic rings. The Labute approximate surface area is 99.8 Å². The van der Waals surface area contributed by atoms with E-state index in [9.17, 15) is 0 Å². The summed E-state index contributed by atoms with van der Waals surface area (Å²) in [6.45, 7) is 1.20. The smallest absolute Gasteiger partial charge is 0.0931 e. The van der Waals surface area contributed by atoms with Crippen LogP contribution in [0.4, 0.5) is 0 Å². The quantitative estimate of drug-likeness (QED) is 0.855. The predicted octanol–water partition coefficient (Wildman–Crippen LogP) is 3.48. The van der Waals surface area contributed by atoms with E-state index in [0.29, 0.717) is 5.54 Å². The second-order valence-corrected chi connectivity index (χ2v) is 6.64. The Balaban J connectivity index is 1.78. The maximum Gasteiger partial charge on any atom is 0.0931 e. The first-order valence-corrected chi connectivity index (χ1v) is 6.97. The van der Waals surface area contributed by atoms with Crippen molar-refractivity contribution in [3.05, 3.63) is 21.3 Å². The molecule has 1 N–H and O–H groups in total. The minimum absolute atomic E-state index is 0.425. The van der Waals surface area contributed by atoms with Crippen molar-refractivity contribution in [2.24, 2.45) is 5.92 Å². The van der Waals surface area contributed by atoms with Crippen LogP contribution in [0.2, 0.25) is 4.34 Å². The van der Waals surface area contributed by atoms with Gasteiger partial charge < -0.3 is 5.32 Å². The first kappa shape index (κ1) is 10.1. The van der Waals surface area contributed by atoms with E-state index in [1.807, 2.05) is 6.07 Å². The molecule has 0 aromatic carbocycles. The third-order valence-corrected chi connectivity index (χ3v) is 4.99. The van der Waals surface area contributed by atoms with Gasteiger partial charge >= 0.3 is 0 Å². The van der Waals surface area contributed by atoms with Crippen LogP contribution in [0, 0.1) is 5.92 Å². The second kappa shape index (κ2) is 3.76. The molecule has 2 heterocycles. The van der Waals surface area contributed by atoms with Gasteiger partial charge in [-0.25, -0.2) is 0 Å². The zero-order valence-electron chi connectivity index (χ0n) is 8.76. The molecule has 1 aliphatic carbocycles. The Morgan fingerprint density at radius 3 is 2.87 bits per heavy atom. The lowest BCUT2D eigenvalue weighted by molar-refractivity contribution is 0.325. The van der Waals surface area contributed by atoms with Crippen molar-refractivity contribution in [1.29, 1.82) is 0 Å². The van der Waals surface area contributed by atoms with E-state index in [1.165, 1.54) is 43.5 Å². The van der Waals surface area contributed by atoms with E-state index in [0.717, 1.165) is 10.3 Å². The van der Waals surface area contributed by atoms with Crippen LogP contribution in [-0.2, 0) is 6.42 Å². The van der Waals surface area contributed by atoms with Crippen LogP contribution in [0.5, 0.6) is 0 Å². The summed E-state index contributed by atoms with van der Waals surface area (Å²) >= 11 is 7.73. The summed E-state index contributed by atoms with van der Waals surface area (Å²) < 4.78 is 0.925. The Kier molecular flexibility index (Phi) is 2.54. The van der Waals surface area contributed by atoms with E-state index in [4.69, 9.17) is 11.6 Å². The molecule has 1 unspecified atom stereocenters. The highest BCUT2D eigenvalue weighted by Crippen LogP contribution is 2.46. The SMILES string of the molecule is Clc1ccc(CC2(C3CC3)CCCN2)s1. The van der Waals surface area contributed by atoms with Gasteiger partial charge in [-0.1, -0.05) is 11.6 Å². The number of rotatable bonds is 3. The number of halogens is 1. The molecule has 1 aromatic heterocycles. The standard InChI is InChI=1S/C12H16ClNS/c13-11-5-4-10(15-11)8-12(9-2-3-9)6-1-7-14-12/h4-5,9,14H,1-3,6-8H2. The van der Waals surface area contributed by atoms with Gasteiger partial charge in [-0.05, 0) is 50.3 Å². The van der Waals surface area contributed by atoms with Crippen LogP contribution in [0.25, 0.3) is 0 Å². The second-order valence-electron chi connectivity index (χ2n) is 4.84. The minimum Gasteiger partial charge on any atom is -0.311 e. The molecule has 0 radical (unpaired) electrons. The topological polar surface area (TPSA) is 12.0 Å².